The summed E-state index contributed by atoms with van der Waals surface area (Å²) in [5.74, 6) is -1.07. The number of ketones is 1. The summed E-state index contributed by atoms with van der Waals surface area (Å²) in [6.07, 6.45) is -1.26. The Labute approximate surface area is 189 Å². The van der Waals surface area contributed by atoms with E-state index in [2.05, 4.69) is 4.98 Å². The lowest BCUT2D eigenvalue weighted by molar-refractivity contribution is -0.137. The Morgan fingerprint density at radius 2 is 1.79 bits per heavy atom. The molecule has 1 amide bonds. The molecule has 3 heterocycles. The number of hydrogen-bond acceptors (Lipinski definition) is 5. The van der Waals surface area contributed by atoms with E-state index in [0.29, 0.717) is 19.0 Å². The van der Waals surface area contributed by atoms with Gasteiger partial charge in [0, 0.05) is 24.2 Å². The van der Waals surface area contributed by atoms with E-state index in [-0.39, 0.29) is 30.1 Å². The lowest BCUT2D eigenvalue weighted by atomic mass is 9.76. The average molecular weight is 462 g/mol. The maximum absolute atomic E-state index is 13.3. The topological polar surface area (TPSA) is 68.7 Å². The molecule has 2 unspecified atom stereocenters. The summed E-state index contributed by atoms with van der Waals surface area (Å²) in [7, 11) is 1.27. The van der Waals surface area contributed by atoms with Gasteiger partial charge in [0.15, 0.2) is 5.78 Å². The van der Waals surface area contributed by atoms with Crippen LogP contribution in [0.5, 0.6) is 5.88 Å². The average Bonchev–Trinajstić information content (AvgIpc) is 2.80. The van der Waals surface area contributed by atoms with Gasteiger partial charge < -0.3 is 14.4 Å². The lowest BCUT2D eigenvalue weighted by Gasteiger charge is -2.47. The monoisotopic (exact) mass is 462 g/mol. The molecule has 2 atom stereocenters. The first kappa shape index (κ1) is 23.1. The van der Waals surface area contributed by atoms with Crippen molar-refractivity contribution in [1.29, 1.82) is 0 Å². The maximum Gasteiger partial charge on any atom is 0.417 e. The third kappa shape index (κ3) is 4.96. The number of hydrogen-bond donors (Lipinski definition) is 0. The summed E-state index contributed by atoms with van der Waals surface area (Å²) in [6.45, 7) is 0.158. The highest BCUT2D eigenvalue weighted by molar-refractivity contribution is 6.00. The van der Waals surface area contributed by atoms with E-state index in [0.717, 1.165) is 30.9 Å². The van der Waals surface area contributed by atoms with Crippen LogP contribution in [-0.4, -0.2) is 41.0 Å². The fourth-order valence-corrected chi connectivity index (χ4v) is 4.85. The van der Waals surface area contributed by atoms with Crippen LogP contribution >= 0.6 is 0 Å². The van der Waals surface area contributed by atoms with Crippen LogP contribution in [0.3, 0.4) is 0 Å². The number of methoxy groups -OCH3 is 1. The third-order valence-corrected chi connectivity index (χ3v) is 6.40. The molecule has 2 aliphatic heterocycles. The standard InChI is InChI=1S/C24H25F3N2O4/c1-32-22-20(12-17(13-28-22)24(25,26)27)21(30)16-10-18-8-5-9-19(11-16)29(18)23(31)33-14-15-6-3-2-4-7-15/h2-4,6-7,12-13,16,18-19H,5,8-11,14H2,1H3. The second-order valence-corrected chi connectivity index (χ2v) is 8.50. The summed E-state index contributed by atoms with van der Waals surface area (Å²) in [6, 6.07) is 9.78. The fourth-order valence-electron chi connectivity index (χ4n) is 4.85. The van der Waals surface area contributed by atoms with Crippen LogP contribution in [-0.2, 0) is 17.5 Å². The largest absolute Gasteiger partial charge is 0.480 e. The van der Waals surface area contributed by atoms with Gasteiger partial charge in [-0.05, 0) is 43.7 Å². The zero-order valence-electron chi connectivity index (χ0n) is 18.2. The molecule has 1 aromatic carbocycles. The van der Waals surface area contributed by atoms with Crippen molar-refractivity contribution in [3.8, 4) is 5.88 Å². The number of ether oxygens (including phenoxy) is 2. The molecule has 33 heavy (non-hydrogen) atoms. The van der Waals surface area contributed by atoms with Gasteiger partial charge in [-0.1, -0.05) is 30.3 Å². The number of pyridine rings is 1. The van der Waals surface area contributed by atoms with Gasteiger partial charge in [-0.2, -0.15) is 13.2 Å². The highest BCUT2D eigenvalue weighted by Crippen LogP contribution is 2.40. The SMILES string of the molecule is COc1ncc(C(F)(F)F)cc1C(=O)C1CC2CCCC(C1)N2C(=O)OCc1ccccc1. The minimum Gasteiger partial charge on any atom is -0.480 e. The maximum atomic E-state index is 13.3. The minimum atomic E-state index is -4.61. The fraction of sp³-hybridized carbons (Fsp3) is 0.458. The smallest absolute Gasteiger partial charge is 0.417 e. The molecule has 6 nitrogen and oxygen atoms in total. The zero-order valence-corrected chi connectivity index (χ0v) is 18.2. The molecule has 176 valence electrons. The molecule has 0 aliphatic carbocycles. The second kappa shape index (κ2) is 9.41. The van der Waals surface area contributed by atoms with E-state index in [1.165, 1.54) is 7.11 Å². The van der Waals surface area contributed by atoms with Crippen molar-refractivity contribution in [2.24, 2.45) is 5.92 Å². The molecule has 0 saturated carbocycles. The summed E-state index contributed by atoms with van der Waals surface area (Å²) in [4.78, 5) is 31.5. The van der Waals surface area contributed by atoms with Crippen molar-refractivity contribution in [3.63, 3.8) is 0 Å². The summed E-state index contributed by atoms with van der Waals surface area (Å²) >= 11 is 0. The first-order chi connectivity index (χ1) is 15.8. The predicted octanol–water partition coefficient (Wildman–Crippen LogP) is 5.26. The Morgan fingerprint density at radius 3 is 2.39 bits per heavy atom. The highest BCUT2D eigenvalue weighted by atomic mass is 19.4. The van der Waals surface area contributed by atoms with Crippen molar-refractivity contribution in [1.82, 2.24) is 9.88 Å². The number of amides is 1. The summed E-state index contributed by atoms with van der Waals surface area (Å²) in [5, 5.41) is 0. The number of fused-ring (bicyclic) bond motifs is 2. The number of carbonyl (C=O) groups is 2. The number of carbonyl (C=O) groups excluding carboxylic acids is 2. The minimum absolute atomic E-state index is 0.122. The molecule has 4 rings (SSSR count). The van der Waals surface area contributed by atoms with E-state index in [1.807, 2.05) is 30.3 Å². The molecule has 0 radical (unpaired) electrons. The van der Waals surface area contributed by atoms with Crippen molar-refractivity contribution in [3.05, 3.63) is 59.3 Å². The van der Waals surface area contributed by atoms with Crippen molar-refractivity contribution in [2.45, 2.75) is 57.0 Å². The predicted molar refractivity (Wildman–Crippen MR) is 113 cm³/mol. The molecule has 2 fully saturated rings. The first-order valence-electron chi connectivity index (χ1n) is 10.9. The molecule has 2 aromatic rings. The lowest BCUT2D eigenvalue weighted by Crippen LogP contribution is -2.55. The molecule has 0 N–H and O–H groups in total. The van der Waals surface area contributed by atoms with Gasteiger partial charge in [-0.3, -0.25) is 4.79 Å². The Bertz CT molecular complexity index is 999. The van der Waals surface area contributed by atoms with Gasteiger partial charge in [0.05, 0.1) is 18.2 Å². The molecular formula is C24H25F3N2O4. The van der Waals surface area contributed by atoms with Gasteiger partial charge in [0.1, 0.15) is 6.61 Å². The Hall–Kier alpha value is -3.10. The molecule has 1 aromatic heterocycles. The van der Waals surface area contributed by atoms with Gasteiger partial charge in [-0.15, -0.1) is 0 Å². The van der Waals surface area contributed by atoms with Gasteiger partial charge in [0.2, 0.25) is 5.88 Å². The highest BCUT2D eigenvalue weighted by Gasteiger charge is 2.44. The van der Waals surface area contributed by atoms with Crippen LogP contribution in [0, 0.1) is 5.92 Å². The Balaban J connectivity index is 1.49. The van der Waals surface area contributed by atoms with E-state index in [1.54, 1.807) is 4.90 Å². The van der Waals surface area contributed by atoms with Gasteiger partial charge in [0.25, 0.3) is 0 Å². The molecular weight excluding hydrogens is 437 g/mol. The normalized spacial score (nSPS) is 22.5. The zero-order chi connectivity index (χ0) is 23.6. The van der Waals surface area contributed by atoms with Crippen LogP contribution in [0.4, 0.5) is 18.0 Å². The van der Waals surface area contributed by atoms with E-state index in [9.17, 15) is 22.8 Å². The van der Waals surface area contributed by atoms with Crippen LogP contribution in [0.25, 0.3) is 0 Å². The van der Waals surface area contributed by atoms with E-state index >= 15 is 0 Å². The second-order valence-electron chi connectivity index (χ2n) is 8.50. The quantitative estimate of drug-likeness (QED) is 0.567. The number of halogens is 3. The number of nitrogens with zero attached hydrogens (tertiary/aromatic N) is 2. The Morgan fingerprint density at radius 1 is 1.12 bits per heavy atom. The first-order valence-corrected chi connectivity index (χ1v) is 10.9. The number of piperidine rings is 2. The number of alkyl halides is 3. The molecule has 9 heteroatoms. The van der Waals surface area contributed by atoms with Gasteiger partial charge >= 0.3 is 12.3 Å². The summed E-state index contributed by atoms with van der Waals surface area (Å²) < 4.78 is 50.1. The number of benzene rings is 1. The van der Waals surface area contributed by atoms with E-state index < -0.39 is 29.5 Å². The van der Waals surface area contributed by atoms with E-state index in [4.69, 9.17) is 9.47 Å². The molecule has 0 spiro atoms. The van der Waals surface area contributed by atoms with Crippen molar-refractivity contribution in [2.75, 3.05) is 7.11 Å². The molecule has 2 saturated heterocycles. The number of Topliss-reactive ketones (excluding diaryl/α,β-unsaturated/α-hetero) is 1. The van der Waals surface area contributed by atoms with Crippen LogP contribution in [0.2, 0.25) is 0 Å². The molecule has 2 aliphatic rings. The van der Waals surface area contributed by atoms with Crippen LogP contribution in [0.15, 0.2) is 42.6 Å². The van der Waals surface area contributed by atoms with Crippen LogP contribution in [0.1, 0.15) is 53.6 Å². The number of rotatable bonds is 5. The number of aromatic nitrogens is 1. The Kier molecular flexibility index (Phi) is 6.58. The van der Waals surface area contributed by atoms with Crippen molar-refractivity contribution >= 4 is 11.9 Å². The van der Waals surface area contributed by atoms with Gasteiger partial charge in [-0.25, -0.2) is 9.78 Å². The van der Waals surface area contributed by atoms with Crippen LogP contribution < -0.4 is 4.74 Å². The molecule has 2 bridgehead atoms. The summed E-state index contributed by atoms with van der Waals surface area (Å²) in [5.41, 5.74) is -0.283. The third-order valence-electron chi connectivity index (χ3n) is 6.40. The van der Waals surface area contributed by atoms with Crippen molar-refractivity contribution < 1.29 is 32.2 Å².